The first-order valence-corrected chi connectivity index (χ1v) is 10.2. The number of pyridine rings is 1. The number of nitrogens with zero attached hydrogens (tertiary/aromatic N) is 3. The second kappa shape index (κ2) is 8.14. The van der Waals surface area contributed by atoms with Crippen molar-refractivity contribution in [2.45, 2.75) is 51.7 Å². The van der Waals surface area contributed by atoms with Crippen molar-refractivity contribution < 1.29 is 4.52 Å². The summed E-state index contributed by atoms with van der Waals surface area (Å²) < 4.78 is 5.50. The Morgan fingerprint density at radius 3 is 2.81 bits per heavy atom. The summed E-state index contributed by atoms with van der Waals surface area (Å²) in [6.07, 6.45) is 8.59. The minimum atomic E-state index is 0.579. The highest BCUT2D eigenvalue weighted by atomic mass is 32.1. The van der Waals surface area contributed by atoms with Crippen molar-refractivity contribution in [3.8, 4) is 0 Å². The van der Waals surface area contributed by atoms with Gasteiger partial charge in [0.2, 0.25) is 0 Å². The third kappa shape index (κ3) is 4.22. The predicted octanol–water partition coefficient (Wildman–Crippen LogP) is 4.85. The van der Waals surface area contributed by atoms with Gasteiger partial charge in [0.05, 0.1) is 5.69 Å². The van der Waals surface area contributed by atoms with Crippen molar-refractivity contribution >= 4 is 11.3 Å². The van der Waals surface area contributed by atoms with Crippen LogP contribution in [0.3, 0.4) is 0 Å². The lowest BCUT2D eigenvalue weighted by Crippen LogP contribution is -2.37. The van der Waals surface area contributed by atoms with E-state index in [1.807, 2.05) is 30.7 Å². The molecule has 0 bridgehead atoms. The van der Waals surface area contributed by atoms with E-state index >= 15 is 0 Å². The maximum absolute atomic E-state index is 5.50. The number of thiophene rings is 1. The summed E-state index contributed by atoms with van der Waals surface area (Å²) >= 11 is 1.85. The van der Waals surface area contributed by atoms with Gasteiger partial charge in [0.15, 0.2) is 0 Å². The van der Waals surface area contributed by atoms with Gasteiger partial charge in [0, 0.05) is 48.9 Å². The first-order valence-electron chi connectivity index (χ1n) is 9.35. The molecule has 1 aliphatic rings. The summed E-state index contributed by atoms with van der Waals surface area (Å²) in [5, 5.41) is 6.23. The van der Waals surface area contributed by atoms with Crippen LogP contribution in [-0.2, 0) is 19.5 Å². The number of aromatic nitrogens is 2. The van der Waals surface area contributed by atoms with E-state index in [4.69, 9.17) is 4.52 Å². The zero-order valence-corrected chi connectivity index (χ0v) is 16.0. The van der Waals surface area contributed by atoms with Gasteiger partial charge in [0.25, 0.3) is 0 Å². The molecule has 3 aromatic heterocycles. The van der Waals surface area contributed by atoms with Gasteiger partial charge in [-0.2, -0.15) is 0 Å². The van der Waals surface area contributed by atoms with E-state index in [0.717, 1.165) is 31.0 Å². The second-order valence-electron chi connectivity index (χ2n) is 7.24. The molecule has 1 saturated carbocycles. The van der Waals surface area contributed by atoms with Crippen LogP contribution in [0.4, 0.5) is 0 Å². The van der Waals surface area contributed by atoms with Gasteiger partial charge in [-0.15, -0.1) is 11.3 Å². The molecule has 0 N–H and O–H groups in total. The SMILES string of the molecule is Cc1cc(C[C@@H]2CCC[C@H]2N(Cc2ccncc2)Cc2cccs2)on1. The van der Waals surface area contributed by atoms with Crippen molar-refractivity contribution in [3.05, 3.63) is 70.0 Å². The zero-order chi connectivity index (χ0) is 17.8. The molecule has 0 spiro atoms. The third-order valence-corrected chi connectivity index (χ3v) is 6.16. The Labute approximate surface area is 158 Å². The van der Waals surface area contributed by atoms with E-state index in [2.05, 4.69) is 50.8 Å². The average Bonchev–Trinajstić information content (AvgIpc) is 3.39. The molecule has 26 heavy (non-hydrogen) atoms. The standard InChI is InChI=1S/C21H25N3OS/c1-16-12-19(25-23-16)13-18-4-2-6-21(18)24(15-20-5-3-11-26-20)14-17-7-9-22-10-8-17/h3,5,7-12,18,21H,2,4,6,13-15H2,1H3/t18-,21+/m0/s1. The van der Waals surface area contributed by atoms with Crippen LogP contribution in [0.25, 0.3) is 0 Å². The number of rotatable bonds is 7. The van der Waals surface area contributed by atoms with Crippen LogP contribution in [0, 0.1) is 12.8 Å². The smallest absolute Gasteiger partial charge is 0.137 e. The summed E-state index contributed by atoms with van der Waals surface area (Å²) in [5.41, 5.74) is 2.31. The summed E-state index contributed by atoms with van der Waals surface area (Å²) in [6.45, 7) is 3.97. The molecule has 4 nitrogen and oxygen atoms in total. The van der Waals surface area contributed by atoms with E-state index in [-0.39, 0.29) is 0 Å². The molecule has 1 aliphatic carbocycles. The summed E-state index contributed by atoms with van der Waals surface area (Å²) in [7, 11) is 0. The number of hydrogen-bond acceptors (Lipinski definition) is 5. The highest BCUT2D eigenvalue weighted by Gasteiger charge is 2.33. The molecule has 136 valence electrons. The first-order chi connectivity index (χ1) is 12.8. The molecule has 4 rings (SSSR count). The van der Waals surface area contributed by atoms with Gasteiger partial charge in [-0.1, -0.05) is 17.6 Å². The molecule has 0 aromatic carbocycles. The van der Waals surface area contributed by atoms with E-state index in [1.54, 1.807) is 0 Å². The molecule has 3 heterocycles. The van der Waals surface area contributed by atoms with Crippen molar-refractivity contribution in [2.75, 3.05) is 0 Å². The maximum Gasteiger partial charge on any atom is 0.137 e. The lowest BCUT2D eigenvalue weighted by atomic mass is 9.96. The van der Waals surface area contributed by atoms with E-state index in [1.165, 1.54) is 29.7 Å². The van der Waals surface area contributed by atoms with Gasteiger partial charge < -0.3 is 4.52 Å². The average molecular weight is 368 g/mol. The fraction of sp³-hybridized carbons (Fsp3) is 0.429. The molecule has 0 amide bonds. The number of hydrogen-bond donors (Lipinski definition) is 0. The largest absolute Gasteiger partial charge is 0.361 e. The van der Waals surface area contributed by atoms with Crippen molar-refractivity contribution in [1.82, 2.24) is 15.0 Å². The molecule has 3 aromatic rings. The fourth-order valence-corrected chi connectivity index (χ4v) is 4.85. The number of aryl methyl sites for hydroxylation is 1. The van der Waals surface area contributed by atoms with Crippen molar-refractivity contribution in [1.29, 1.82) is 0 Å². The lowest BCUT2D eigenvalue weighted by molar-refractivity contribution is 0.139. The maximum atomic E-state index is 5.50. The van der Waals surface area contributed by atoms with Crippen LogP contribution in [-0.4, -0.2) is 21.1 Å². The van der Waals surface area contributed by atoms with Crippen LogP contribution >= 0.6 is 11.3 Å². The van der Waals surface area contributed by atoms with Gasteiger partial charge in [-0.3, -0.25) is 9.88 Å². The highest BCUT2D eigenvalue weighted by Crippen LogP contribution is 2.34. The highest BCUT2D eigenvalue weighted by molar-refractivity contribution is 7.09. The van der Waals surface area contributed by atoms with Crippen molar-refractivity contribution in [3.63, 3.8) is 0 Å². The Kier molecular flexibility index (Phi) is 5.46. The molecular weight excluding hydrogens is 342 g/mol. The Balaban J connectivity index is 1.52. The zero-order valence-electron chi connectivity index (χ0n) is 15.2. The molecule has 5 heteroatoms. The molecule has 0 unspecified atom stereocenters. The minimum absolute atomic E-state index is 0.579. The molecule has 0 saturated heterocycles. The van der Waals surface area contributed by atoms with Crippen LogP contribution < -0.4 is 0 Å². The van der Waals surface area contributed by atoms with Crippen LogP contribution in [0.2, 0.25) is 0 Å². The fourth-order valence-electron chi connectivity index (χ4n) is 4.12. The Morgan fingerprint density at radius 1 is 1.19 bits per heavy atom. The van der Waals surface area contributed by atoms with Crippen LogP contribution in [0.15, 0.2) is 52.6 Å². The monoisotopic (exact) mass is 367 g/mol. The molecule has 0 aliphatic heterocycles. The van der Waals surface area contributed by atoms with Crippen LogP contribution in [0.5, 0.6) is 0 Å². The minimum Gasteiger partial charge on any atom is -0.361 e. The molecule has 1 fully saturated rings. The summed E-state index contributed by atoms with van der Waals surface area (Å²) in [6, 6.07) is 11.3. The van der Waals surface area contributed by atoms with E-state index < -0.39 is 0 Å². The molecule has 0 radical (unpaired) electrons. The Hall–Kier alpha value is -1.98. The predicted molar refractivity (Wildman–Crippen MR) is 104 cm³/mol. The van der Waals surface area contributed by atoms with Gasteiger partial charge in [-0.05, 0) is 54.8 Å². The normalized spacial score (nSPS) is 20.1. The van der Waals surface area contributed by atoms with Gasteiger partial charge >= 0.3 is 0 Å². The topological polar surface area (TPSA) is 42.2 Å². The Bertz CT molecular complexity index is 800. The van der Waals surface area contributed by atoms with Crippen molar-refractivity contribution in [2.24, 2.45) is 5.92 Å². The van der Waals surface area contributed by atoms with Gasteiger partial charge in [0.1, 0.15) is 5.76 Å². The van der Waals surface area contributed by atoms with Crippen LogP contribution in [0.1, 0.15) is 41.2 Å². The van der Waals surface area contributed by atoms with Gasteiger partial charge in [-0.25, -0.2) is 0 Å². The lowest BCUT2D eigenvalue weighted by Gasteiger charge is -2.32. The van der Waals surface area contributed by atoms with E-state index in [9.17, 15) is 0 Å². The molecule has 2 atom stereocenters. The quantitative estimate of drug-likeness (QED) is 0.598. The third-order valence-electron chi connectivity index (χ3n) is 5.30. The first kappa shape index (κ1) is 17.4. The Morgan fingerprint density at radius 2 is 2.08 bits per heavy atom. The summed E-state index contributed by atoms with van der Waals surface area (Å²) in [5.74, 6) is 1.66. The molecular formula is C21H25N3OS. The second-order valence-corrected chi connectivity index (χ2v) is 8.27. The summed E-state index contributed by atoms with van der Waals surface area (Å²) in [4.78, 5) is 8.25. The van der Waals surface area contributed by atoms with E-state index in [0.29, 0.717) is 12.0 Å².